The monoisotopic (exact) mass is 307 g/mol. The largest absolute Gasteiger partial charge is 0.392 e. The third-order valence-electron chi connectivity index (χ3n) is 3.78. The highest BCUT2D eigenvalue weighted by atomic mass is 32.2. The Kier molecular flexibility index (Phi) is 5.73. The molecule has 5 nitrogen and oxygen atoms in total. The van der Waals surface area contributed by atoms with Crippen LogP contribution in [0.25, 0.3) is 0 Å². The minimum Gasteiger partial charge on any atom is -0.392 e. The molecule has 0 unspecified atom stereocenters. The van der Waals surface area contributed by atoms with E-state index in [4.69, 9.17) is 18.0 Å². The molecule has 0 saturated carbocycles. The van der Waals surface area contributed by atoms with Gasteiger partial charge in [-0.1, -0.05) is 25.6 Å². The van der Waals surface area contributed by atoms with Gasteiger partial charge in [-0.25, -0.2) is 8.42 Å². The molecular formula is C12H25N3O2S2. The average Bonchev–Trinajstić information content (AvgIpc) is 2.36. The lowest BCUT2D eigenvalue weighted by Gasteiger charge is -2.43. The van der Waals surface area contributed by atoms with Gasteiger partial charge in [0.2, 0.25) is 10.0 Å². The fraction of sp³-hybridized carbons (Fsp3) is 0.917. The van der Waals surface area contributed by atoms with Crippen LogP contribution in [0, 0.1) is 0 Å². The van der Waals surface area contributed by atoms with Crippen molar-refractivity contribution in [3.8, 4) is 0 Å². The van der Waals surface area contributed by atoms with E-state index < -0.39 is 10.0 Å². The second-order valence-electron chi connectivity index (χ2n) is 5.48. The van der Waals surface area contributed by atoms with Crippen molar-refractivity contribution in [2.45, 2.75) is 39.2 Å². The van der Waals surface area contributed by atoms with Crippen LogP contribution in [-0.2, 0) is 10.0 Å². The van der Waals surface area contributed by atoms with Gasteiger partial charge in [0.25, 0.3) is 0 Å². The summed E-state index contributed by atoms with van der Waals surface area (Å²) in [6.45, 7) is 8.37. The molecule has 0 aromatic rings. The Bertz CT molecular complexity index is 413. The number of nitrogens with zero attached hydrogens (tertiary/aromatic N) is 2. The lowest BCUT2D eigenvalue weighted by atomic mass is 10.0. The summed E-state index contributed by atoms with van der Waals surface area (Å²) in [6, 6.07) is 0. The highest BCUT2D eigenvalue weighted by Crippen LogP contribution is 2.19. The molecular weight excluding hydrogens is 282 g/mol. The van der Waals surface area contributed by atoms with Gasteiger partial charge in [-0.15, -0.1) is 0 Å². The van der Waals surface area contributed by atoms with Crippen molar-refractivity contribution in [2.75, 3.05) is 31.9 Å². The van der Waals surface area contributed by atoms with Crippen molar-refractivity contribution in [3.63, 3.8) is 0 Å². The molecule has 0 aromatic carbocycles. The summed E-state index contributed by atoms with van der Waals surface area (Å²) in [5.74, 6) is 0.252. The molecule has 0 spiro atoms. The predicted molar refractivity (Wildman–Crippen MR) is 82.7 cm³/mol. The Hall–Kier alpha value is -0.240. The van der Waals surface area contributed by atoms with E-state index in [1.54, 1.807) is 4.31 Å². The van der Waals surface area contributed by atoms with E-state index in [0.29, 0.717) is 31.2 Å². The number of piperazine rings is 1. The van der Waals surface area contributed by atoms with Gasteiger partial charge in [-0.3, -0.25) is 4.90 Å². The first-order valence-corrected chi connectivity index (χ1v) is 8.76. The SMILES string of the molecule is CCCCS(=O)(=O)N1CCN(C(C)(C)C(N)=S)CC1. The van der Waals surface area contributed by atoms with Crippen LogP contribution in [0.5, 0.6) is 0 Å². The summed E-state index contributed by atoms with van der Waals surface area (Å²) < 4.78 is 25.8. The number of nitrogens with two attached hydrogens (primary N) is 1. The van der Waals surface area contributed by atoms with Crippen LogP contribution in [0.15, 0.2) is 0 Å². The Labute approximate surface area is 122 Å². The van der Waals surface area contributed by atoms with Crippen LogP contribution in [0.4, 0.5) is 0 Å². The molecule has 1 fully saturated rings. The zero-order valence-corrected chi connectivity index (χ0v) is 13.7. The third kappa shape index (κ3) is 4.11. The van der Waals surface area contributed by atoms with E-state index in [2.05, 4.69) is 4.90 Å². The van der Waals surface area contributed by atoms with E-state index in [1.165, 1.54) is 0 Å². The third-order valence-corrected chi connectivity index (χ3v) is 6.24. The minimum atomic E-state index is -3.09. The number of unbranched alkanes of at least 4 members (excludes halogenated alkanes) is 1. The molecule has 7 heteroatoms. The number of rotatable bonds is 6. The molecule has 1 heterocycles. The zero-order chi connectivity index (χ0) is 14.7. The van der Waals surface area contributed by atoms with E-state index in [-0.39, 0.29) is 11.3 Å². The molecule has 2 N–H and O–H groups in total. The summed E-state index contributed by atoms with van der Waals surface area (Å²) in [5.41, 5.74) is 5.39. The van der Waals surface area contributed by atoms with Crippen LogP contribution in [0.1, 0.15) is 33.6 Å². The average molecular weight is 307 g/mol. The first-order valence-electron chi connectivity index (χ1n) is 6.74. The van der Waals surface area contributed by atoms with Crippen LogP contribution >= 0.6 is 12.2 Å². The first-order chi connectivity index (χ1) is 8.71. The molecule has 1 aliphatic heterocycles. The minimum absolute atomic E-state index is 0.252. The highest BCUT2D eigenvalue weighted by molar-refractivity contribution is 7.89. The molecule has 1 saturated heterocycles. The Morgan fingerprint density at radius 3 is 2.21 bits per heavy atom. The van der Waals surface area contributed by atoms with Crippen molar-refractivity contribution in [1.29, 1.82) is 0 Å². The molecule has 0 radical (unpaired) electrons. The molecule has 0 amide bonds. The quantitative estimate of drug-likeness (QED) is 0.735. The molecule has 19 heavy (non-hydrogen) atoms. The van der Waals surface area contributed by atoms with E-state index in [0.717, 1.165) is 12.8 Å². The molecule has 1 aliphatic rings. The molecule has 1 rings (SSSR count). The normalized spacial score (nSPS) is 19.5. The Morgan fingerprint density at radius 1 is 1.26 bits per heavy atom. The van der Waals surface area contributed by atoms with Crippen LogP contribution < -0.4 is 5.73 Å². The second kappa shape index (κ2) is 6.47. The van der Waals surface area contributed by atoms with Gasteiger partial charge in [0.15, 0.2) is 0 Å². The van der Waals surface area contributed by atoms with Crippen LogP contribution in [-0.4, -0.2) is 60.1 Å². The molecule has 0 atom stereocenters. The lowest BCUT2D eigenvalue weighted by molar-refractivity contribution is 0.123. The number of hydrogen-bond donors (Lipinski definition) is 1. The van der Waals surface area contributed by atoms with Crippen LogP contribution in [0.2, 0.25) is 0 Å². The number of hydrogen-bond acceptors (Lipinski definition) is 4. The standard InChI is InChI=1S/C12H25N3O2S2/c1-4-5-10-19(16,17)15-8-6-14(7-9-15)12(2,3)11(13)18/h4-10H2,1-3H3,(H2,13,18). The topological polar surface area (TPSA) is 66.6 Å². The van der Waals surface area contributed by atoms with E-state index in [9.17, 15) is 8.42 Å². The maximum Gasteiger partial charge on any atom is 0.214 e. The van der Waals surface area contributed by atoms with Gasteiger partial charge >= 0.3 is 0 Å². The molecule has 0 aromatic heterocycles. The van der Waals surface area contributed by atoms with E-state index >= 15 is 0 Å². The molecule has 0 bridgehead atoms. The molecule has 0 aliphatic carbocycles. The summed E-state index contributed by atoms with van der Waals surface area (Å²) in [7, 11) is -3.09. The Balaban J connectivity index is 2.61. The van der Waals surface area contributed by atoms with Crippen LogP contribution in [0.3, 0.4) is 0 Å². The number of sulfonamides is 1. The fourth-order valence-electron chi connectivity index (χ4n) is 2.14. The first kappa shape index (κ1) is 16.8. The fourth-order valence-corrected chi connectivity index (χ4v) is 3.90. The summed E-state index contributed by atoms with van der Waals surface area (Å²) in [4.78, 5) is 2.61. The van der Waals surface area contributed by atoms with Crippen molar-refractivity contribution < 1.29 is 8.42 Å². The zero-order valence-electron chi connectivity index (χ0n) is 12.1. The van der Waals surface area contributed by atoms with Crippen molar-refractivity contribution in [2.24, 2.45) is 5.73 Å². The van der Waals surface area contributed by atoms with E-state index in [1.807, 2.05) is 20.8 Å². The summed E-state index contributed by atoms with van der Waals surface area (Å²) in [6.07, 6.45) is 1.62. The maximum atomic E-state index is 12.1. The Morgan fingerprint density at radius 2 is 1.79 bits per heavy atom. The van der Waals surface area contributed by atoms with Crippen molar-refractivity contribution >= 4 is 27.2 Å². The van der Waals surface area contributed by atoms with Gasteiger partial charge < -0.3 is 5.73 Å². The summed E-state index contributed by atoms with van der Waals surface area (Å²) in [5, 5.41) is 0. The van der Waals surface area contributed by atoms with Gasteiger partial charge in [0, 0.05) is 26.2 Å². The van der Waals surface area contributed by atoms with Gasteiger partial charge in [-0.2, -0.15) is 4.31 Å². The summed E-state index contributed by atoms with van der Waals surface area (Å²) >= 11 is 5.08. The van der Waals surface area contributed by atoms with Crippen molar-refractivity contribution in [1.82, 2.24) is 9.21 Å². The molecule has 112 valence electrons. The van der Waals surface area contributed by atoms with Gasteiger partial charge in [-0.05, 0) is 20.3 Å². The van der Waals surface area contributed by atoms with Gasteiger partial charge in [0.1, 0.15) is 0 Å². The lowest BCUT2D eigenvalue weighted by Crippen LogP contribution is -2.60. The maximum absolute atomic E-state index is 12.1. The highest BCUT2D eigenvalue weighted by Gasteiger charge is 2.34. The van der Waals surface area contributed by atoms with Gasteiger partial charge in [0.05, 0.1) is 16.3 Å². The number of thiocarbonyl (C=S) groups is 1. The second-order valence-corrected chi connectivity index (χ2v) is 8.01. The van der Waals surface area contributed by atoms with Crippen molar-refractivity contribution in [3.05, 3.63) is 0 Å². The smallest absolute Gasteiger partial charge is 0.214 e. The predicted octanol–water partition coefficient (Wildman–Crippen LogP) is 0.799.